The second kappa shape index (κ2) is 12.8. The van der Waals surface area contributed by atoms with Gasteiger partial charge in [-0.05, 0) is 83.3 Å². The molecule has 2 aromatic rings. The number of rotatable bonds is 15. The molecule has 1 atom stereocenters. The van der Waals surface area contributed by atoms with Gasteiger partial charge in [0.25, 0.3) is 0 Å². The van der Waals surface area contributed by atoms with E-state index in [1.807, 2.05) is 33.9 Å². The molecule has 0 aliphatic rings. The zero-order valence-electron chi connectivity index (χ0n) is 19.3. The first kappa shape index (κ1) is 25.3. The second-order valence-corrected chi connectivity index (χ2v) is 7.58. The van der Waals surface area contributed by atoms with Gasteiger partial charge >= 0.3 is 5.97 Å². The van der Waals surface area contributed by atoms with E-state index in [0.717, 1.165) is 42.4 Å². The smallest absolute Gasteiger partial charge is 0.317 e. The Labute approximate surface area is 184 Å². The van der Waals surface area contributed by atoms with Crippen LogP contribution in [0.3, 0.4) is 0 Å². The lowest BCUT2D eigenvalue weighted by atomic mass is 9.79. The maximum Gasteiger partial charge on any atom is 0.317 e. The number of benzene rings is 1. The van der Waals surface area contributed by atoms with Crippen LogP contribution in [0.2, 0.25) is 0 Å². The van der Waals surface area contributed by atoms with Crippen LogP contribution in [0.5, 0.6) is 0 Å². The van der Waals surface area contributed by atoms with E-state index in [2.05, 4.69) is 10.3 Å². The molecule has 174 valence electrons. The van der Waals surface area contributed by atoms with Gasteiger partial charge in [0.1, 0.15) is 11.2 Å². The summed E-state index contributed by atoms with van der Waals surface area (Å²) in [5.41, 5.74) is 1.21. The lowest BCUT2D eigenvalue weighted by Crippen LogP contribution is -2.46. The zero-order chi connectivity index (χ0) is 22.7. The number of H-pyrrole nitrogens is 1. The topological polar surface area (TPSA) is 72.6 Å². The molecular formula is C24H37FN2O4. The van der Waals surface area contributed by atoms with E-state index >= 15 is 0 Å². The molecule has 0 fully saturated rings. The van der Waals surface area contributed by atoms with Gasteiger partial charge in [-0.1, -0.05) is 6.92 Å². The monoisotopic (exact) mass is 436 g/mol. The van der Waals surface area contributed by atoms with E-state index in [4.69, 9.17) is 14.2 Å². The molecule has 0 aliphatic carbocycles. The van der Waals surface area contributed by atoms with E-state index in [9.17, 15) is 9.18 Å². The molecule has 1 aromatic carbocycles. The fraction of sp³-hybridized carbons (Fsp3) is 0.625. The van der Waals surface area contributed by atoms with Crippen LogP contribution >= 0.6 is 0 Å². The summed E-state index contributed by atoms with van der Waals surface area (Å²) in [6.45, 7) is 10.4. The zero-order valence-corrected chi connectivity index (χ0v) is 19.3. The highest BCUT2D eigenvalue weighted by Gasteiger charge is 2.46. The lowest BCUT2D eigenvalue weighted by Gasteiger charge is -2.37. The molecule has 0 radical (unpaired) electrons. The second-order valence-electron chi connectivity index (χ2n) is 7.58. The quantitative estimate of drug-likeness (QED) is 0.243. The van der Waals surface area contributed by atoms with Crippen molar-refractivity contribution < 1.29 is 23.4 Å². The molecule has 0 saturated heterocycles. The molecule has 0 aliphatic heterocycles. The van der Waals surface area contributed by atoms with Gasteiger partial charge in [0.15, 0.2) is 6.29 Å². The molecule has 1 heterocycles. The normalized spacial score (nSPS) is 13.6. The average Bonchev–Trinajstić information content (AvgIpc) is 3.15. The number of nitrogens with one attached hydrogen (secondary N) is 2. The van der Waals surface area contributed by atoms with Crippen molar-refractivity contribution in [1.29, 1.82) is 0 Å². The Morgan fingerprint density at radius 3 is 2.52 bits per heavy atom. The summed E-state index contributed by atoms with van der Waals surface area (Å²) in [4.78, 5) is 16.1. The van der Waals surface area contributed by atoms with Crippen molar-refractivity contribution in [3.8, 4) is 0 Å². The van der Waals surface area contributed by atoms with Crippen LogP contribution in [0.15, 0.2) is 24.4 Å². The first-order chi connectivity index (χ1) is 15.0. The minimum absolute atomic E-state index is 0.227. The number of fused-ring (bicyclic) bond motifs is 1. The number of aromatic amines is 1. The number of hydrogen-bond acceptors (Lipinski definition) is 5. The van der Waals surface area contributed by atoms with Gasteiger partial charge in [-0.2, -0.15) is 0 Å². The van der Waals surface area contributed by atoms with Crippen LogP contribution < -0.4 is 5.32 Å². The maximum absolute atomic E-state index is 13.5. The summed E-state index contributed by atoms with van der Waals surface area (Å²) in [6, 6.07) is 4.79. The highest BCUT2D eigenvalue weighted by molar-refractivity contribution is 5.83. The Morgan fingerprint density at radius 2 is 1.87 bits per heavy atom. The number of carbonyl (C=O) groups excluding carboxylic acids is 1. The molecule has 6 nitrogen and oxygen atoms in total. The number of ether oxygens (including phenoxy) is 3. The Morgan fingerprint density at radius 1 is 1.13 bits per heavy atom. The van der Waals surface area contributed by atoms with Gasteiger partial charge in [0.2, 0.25) is 0 Å². The standard InChI is InChI=1S/C24H37FN2O4/c1-5-24(22(28)29-6-2,23(30-7-3)31-8-4)13-9-14-26-15-12-18-17-27-21-11-10-19(25)16-20(18)21/h10-11,16-17,23,26-27H,5-9,12-15H2,1-4H3/t24-/m1/s1. The van der Waals surface area contributed by atoms with Crippen LogP contribution in [0.1, 0.15) is 52.5 Å². The molecule has 31 heavy (non-hydrogen) atoms. The summed E-state index contributed by atoms with van der Waals surface area (Å²) < 4.78 is 30.5. The molecule has 2 rings (SSSR count). The van der Waals surface area contributed by atoms with Crippen LogP contribution in [0.25, 0.3) is 10.9 Å². The van der Waals surface area contributed by atoms with E-state index in [1.165, 1.54) is 6.07 Å². The summed E-state index contributed by atoms with van der Waals surface area (Å²) in [5.74, 6) is -0.487. The SMILES string of the molecule is CCOC(=O)[C@@](CC)(CCCNCCc1c[nH]c2ccc(F)cc12)C(OCC)OCC. The van der Waals surface area contributed by atoms with Crippen molar-refractivity contribution in [1.82, 2.24) is 10.3 Å². The van der Waals surface area contributed by atoms with Gasteiger partial charge in [0.05, 0.1) is 6.61 Å². The van der Waals surface area contributed by atoms with Crippen molar-refractivity contribution in [3.63, 3.8) is 0 Å². The predicted molar refractivity (Wildman–Crippen MR) is 120 cm³/mol. The van der Waals surface area contributed by atoms with E-state index in [1.54, 1.807) is 12.1 Å². The molecule has 0 unspecified atom stereocenters. The lowest BCUT2D eigenvalue weighted by molar-refractivity contribution is -0.221. The minimum atomic E-state index is -0.821. The largest absolute Gasteiger partial charge is 0.465 e. The molecule has 0 bridgehead atoms. The highest BCUT2D eigenvalue weighted by Crippen LogP contribution is 2.36. The van der Waals surface area contributed by atoms with Gasteiger partial charge in [-0.25, -0.2) is 4.39 Å². The van der Waals surface area contributed by atoms with E-state index in [0.29, 0.717) is 32.7 Å². The third-order valence-electron chi connectivity index (χ3n) is 5.68. The van der Waals surface area contributed by atoms with Gasteiger partial charge in [0, 0.05) is 30.3 Å². The number of carbonyl (C=O) groups is 1. The van der Waals surface area contributed by atoms with Crippen LogP contribution in [-0.4, -0.2) is 50.2 Å². The fourth-order valence-corrected chi connectivity index (χ4v) is 3.98. The highest BCUT2D eigenvalue weighted by atomic mass is 19.1. The summed E-state index contributed by atoms with van der Waals surface area (Å²) >= 11 is 0. The maximum atomic E-state index is 13.5. The number of aromatic nitrogens is 1. The van der Waals surface area contributed by atoms with Gasteiger partial charge < -0.3 is 24.5 Å². The summed E-state index contributed by atoms with van der Waals surface area (Å²) in [5, 5.41) is 4.35. The molecule has 0 spiro atoms. The first-order valence-corrected chi connectivity index (χ1v) is 11.4. The third kappa shape index (κ3) is 6.51. The number of hydrogen-bond donors (Lipinski definition) is 2. The number of halogens is 1. The Kier molecular flexibility index (Phi) is 10.4. The van der Waals surface area contributed by atoms with Crippen LogP contribution in [0, 0.1) is 11.2 Å². The summed E-state index contributed by atoms with van der Waals surface area (Å²) in [6.07, 6.45) is 4.08. The van der Waals surface area contributed by atoms with Gasteiger partial charge in [-0.3, -0.25) is 4.79 Å². The first-order valence-electron chi connectivity index (χ1n) is 11.4. The Bertz CT molecular complexity index is 804. The molecule has 1 aromatic heterocycles. The fourth-order valence-electron chi connectivity index (χ4n) is 3.98. The van der Waals surface area contributed by atoms with Crippen LogP contribution in [-0.2, 0) is 25.4 Å². The molecule has 2 N–H and O–H groups in total. The van der Waals surface area contributed by atoms with Crippen molar-refractivity contribution >= 4 is 16.9 Å². The Balaban J connectivity index is 1.92. The van der Waals surface area contributed by atoms with Crippen molar-refractivity contribution in [3.05, 3.63) is 35.8 Å². The van der Waals surface area contributed by atoms with Crippen molar-refractivity contribution in [2.75, 3.05) is 32.9 Å². The molecule has 0 amide bonds. The Hall–Kier alpha value is -1.96. The van der Waals surface area contributed by atoms with E-state index in [-0.39, 0.29) is 11.8 Å². The summed E-state index contributed by atoms with van der Waals surface area (Å²) in [7, 11) is 0. The minimum Gasteiger partial charge on any atom is -0.465 e. The predicted octanol–water partition coefficient (Wildman–Crippen LogP) is 4.58. The average molecular weight is 437 g/mol. The molecular weight excluding hydrogens is 399 g/mol. The van der Waals surface area contributed by atoms with Crippen LogP contribution in [0.4, 0.5) is 4.39 Å². The van der Waals surface area contributed by atoms with Crippen molar-refractivity contribution in [2.24, 2.45) is 5.41 Å². The van der Waals surface area contributed by atoms with E-state index < -0.39 is 11.7 Å². The third-order valence-corrected chi connectivity index (χ3v) is 5.68. The molecule has 0 saturated carbocycles. The molecule has 7 heteroatoms. The van der Waals surface area contributed by atoms with Gasteiger partial charge in [-0.15, -0.1) is 0 Å². The van der Waals surface area contributed by atoms with Crippen molar-refractivity contribution in [2.45, 2.75) is 59.7 Å². The number of esters is 1.